The molecule has 1 amide bonds. The Hall–Kier alpha value is -1.44. The lowest BCUT2D eigenvalue weighted by molar-refractivity contribution is -0.142. The van der Waals surface area contributed by atoms with Crippen molar-refractivity contribution in [2.45, 2.75) is 12.5 Å². The molecule has 126 valence electrons. The molecule has 0 aromatic heterocycles. The zero-order chi connectivity index (χ0) is 17.2. The van der Waals surface area contributed by atoms with Crippen molar-refractivity contribution < 1.29 is 19.5 Å². The van der Waals surface area contributed by atoms with Gasteiger partial charge in [0.1, 0.15) is 6.04 Å². The average Bonchev–Trinajstić information content (AvgIpc) is 2.50. The fourth-order valence-electron chi connectivity index (χ4n) is 1.55. The molecule has 1 rings (SSSR count). The summed E-state index contributed by atoms with van der Waals surface area (Å²) in [6, 6.07) is 4.03. The lowest BCUT2D eigenvalue weighted by Crippen LogP contribution is -2.42. The fraction of sp³-hybridized carbons (Fsp3) is 0.357. The number of nitrogens with zero attached hydrogens (tertiary/aromatic N) is 1. The number of aliphatic carboxylic acids is 1. The minimum absolute atomic E-state index is 0.334. The van der Waals surface area contributed by atoms with Crippen LogP contribution in [0, 0.1) is 0 Å². The lowest BCUT2D eigenvalue weighted by atomic mass is 10.2. The van der Waals surface area contributed by atoms with Crippen LogP contribution in [0.5, 0.6) is 0 Å². The van der Waals surface area contributed by atoms with Crippen LogP contribution >= 0.6 is 35.0 Å². The molecule has 1 aromatic carbocycles. The van der Waals surface area contributed by atoms with E-state index in [-0.39, 0.29) is 0 Å². The summed E-state index contributed by atoms with van der Waals surface area (Å²) < 4.78 is 0. The number of nitrogens with one attached hydrogen (secondary N) is 1. The van der Waals surface area contributed by atoms with Gasteiger partial charge in [-0.2, -0.15) is 11.8 Å². The smallest absolute Gasteiger partial charge is 0.326 e. The highest BCUT2D eigenvalue weighted by Gasteiger charge is 2.19. The molecular formula is C14H16Cl2N2O4S. The van der Waals surface area contributed by atoms with Gasteiger partial charge < -0.3 is 15.3 Å². The van der Waals surface area contributed by atoms with Crippen LogP contribution in [-0.4, -0.2) is 47.9 Å². The van der Waals surface area contributed by atoms with Crippen molar-refractivity contribution >= 4 is 53.1 Å². The third-order valence-electron chi connectivity index (χ3n) is 2.70. The maximum atomic E-state index is 11.6. The van der Waals surface area contributed by atoms with E-state index in [9.17, 15) is 9.59 Å². The van der Waals surface area contributed by atoms with Crippen LogP contribution in [-0.2, 0) is 14.4 Å². The molecule has 0 saturated carbocycles. The van der Waals surface area contributed by atoms with Crippen LogP contribution in [0.2, 0.25) is 10.0 Å². The Bertz CT molecular complexity index is 564. The minimum Gasteiger partial charge on any atom is -0.480 e. The van der Waals surface area contributed by atoms with E-state index in [2.05, 4.69) is 10.5 Å². The van der Waals surface area contributed by atoms with Crippen molar-refractivity contribution in [2.24, 2.45) is 5.16 Å². The number of carbonyl (C=O) groups excluding carboxylic acids is 1. The Morgan fingerprint density at radius 1 is 1.43 bits per heavy atom. The molecule has 0 aliphatic rings. The van der Waals surface area contributed by atoms with Crippen molar-refractivity contribution in [3.63, 3.8) is 0 Å². The van der Waals surface area contributed by atoms with E-state index in [1.54, 1.807) is 18.2 Å². The molecule has 0 radical (unpaired) electrons. The standard InChI is InChI=1S/C14H16Cl2N2O4S/c1-23-6-5-12(14(20)21)18-13(19)8-22-17-7-9-10(15)3-2-4-11(9)16/h2-4,7,12H,5-6,8H2,1H3,(H,18,19)(H,20,21). The van der Waals surface area contributed by atoms with Gasteiger partial charge in [0.15, 0.2) is 6.61 Å². The first-order chi connectivity index (χ1) is 11.0. The molecule has 0 heterocycles. The second kappa shape index (κ2) is 10.4. The lowest BCUT2D eigenvalue weighted by Gasteiger charge is -2.13. The Balaban J connectivity index is 2.46. The molecule has 0 aliphatic carbocycles. The van der Waals surface area contributed by atoms with Crippen LogP contribution in [0.25, 0.3) is 0 Å². The third kappa shape index (κ3) is 7.11. The third-order valence-corrected chi connectivity index (χ3v) is 4.00. The van der Waals surface area contributed by atoms with Crippen LogP contribution in [0.4, 0.5) is 0 Å². The maximum absolute atomic E-state index is 11.6. The fourth-order valence-corrected chi connectivity index (χ4v) is 2.52. The molecule has 0 spiro atoms. The van der Waals surface area contributed by atoms with Gasteiger partial charge in [0.25, 0.3) is 5.91 Å². The van der Waals surface area contributed by atoms with E-state index >= 15 is 0 Å². The van der Waals surface area contributed by atoms with Crippen molar-refractivity contribution in [1.29, 1.82) is 0 Å². The zero-order valence-electron chi connectivity index (χ0n) is 12.3. The first-order valence-electron chi connectivity index (χ1n) is 6.56. The highest BCUT2D eigenvalue weighted by molar-refractivity contribution is 7.98. The SMILES string of the molecule is CSCCC(NC(=O)CON=Cc1c(Cl)cccc1Cl)C(=O)O. The average molecular weight is 379 g/mol. The molecule has 0 saturated heterocycles. The van der Waals surface area contributed by atoms with Gasteiger partial charge in [0.05, 0.1) is 16.3 Å². The number of halogens is 2. The Labute approximate surface area is 148 Å². The van der Waals surface area contributed by atoms with E-state index in [1.165, 1.54) is 18.0 Å². The highest BCUT2D eigenvalue weighted by atomic mass is 35.5. The first-order valence-corrected chi connectivity index (χ1v) is 8.71. The molecule has 0 bridgehead atoms. The summed E-state index contributed by atoms with van der Waals surface area (Å²) in [5, 5.41) is 15.8. The number of hydrogen-bond acceptors (Lipinski definition) is 5. The highest BCUT2D eigenvalue weighted by Crippen LogP contribution is 2.22. The summed E-state index contributed by atoms with van der Waals surface area (Å²) in [5.41, 5.74) is 0.472. The normalized spacial score (nSPS) is 12.1. The van der Waals surface area contributed by atoms with E-state index < -0.39 is 24.5 Å². The van der Waals surface area contributed by atoms with E-state index in [4.69, 9.17) is 33.1 Å². The van der Waals surface area contributed by atoms with Gasteiger partial charge in [-0.3, -0.25) is 4.79 Å². The van der Waals surface area contributed by atoms with Crippen molar-refractivity contribution in [1.82, 2.24) is 5.32 Å². The topological polar surface area (TPSA) is 88.0 Å². The predicted molar refractivity (Wildman–Crippen MR) is 92.6 cm³/mol. The van der Waals surface area contributed by atoms with Gasteiger partial charge in [0.2, 0.25) is 0 Å². The Kier molecular flexibility index (Phi) is 8.83. The number of thioether (sulfide) groups is 1. The largest absolute Gasteiger partial charge is 0.480 e. The summed E-state index contributed by atoms with van der Waals surface area (Å²) in [5.74, 6) is -1.03. The monoisotopic (exact) mass is 378 g/mol. The van der Waals surface area contributed by atoms with Crippen LogP contribution < -0.4 is 5.32 Å². The summed E-state index contributed by atoms with van der Waals surface area (Å²) in [4.78, 5) is 27.5. The summed E-state index contributed by atoms with van der Waals surface area (Å²) >= 11 is 13.4. The van der Waals surface area contributed by atoms with Crippen LogP contribution in [0.3, 0.4) is 0 Å². The molecule has 23 heavy (non-hydrogen) atoms. The molecule has 2 N–H and O–H groups in total. The van der Waals surface area contributed by atoms with E-state index in [0.717, 1.165) is 0 Å². The van der Waals surface area contributed by atoms with E-state index in [1.807, 2.05) is 6.26 Å². The number of carboxylic acids is 1. The molecule has 6 nitrogen and oxygen atoms in total. The van der Waals surface area contributed by atoms with Gasteiger partial charge in [-0.25, -0.2) is 4.79 Å². The van der Waals surface area contributed by atoms with Gasteiger partial charge in [-0.05, 0) is 30.6 Å². The number of carbonyl (C=O) groups is 2. The molecule has 1 atom stereocenters. The molecule has 9 heteroatoms. The second-order valence-electron chi connectivity index (χ2n) is 4.38. The number of carboxylic acid groups (broad SMARTS) is 1. The van der Waals surface area contributed by atoms with Gasteiger partial charge >= 0.3 is 5.97 Å². The molecular weight excluding hydrogens is 363 g/mol. The van der Waals surface area contributed by atoms with Crippen molar-refractivity contribution in [3.8, 4) is 0 Å². The van der Waals surface area contributed by atoms with Gasteiger partial charge in [-0.15, -0.1) is 0 Å². The van der Waals surface area contributed by atoms with E-state index in [0.29, 0.717) is 27.8 Å². The first kappa shape index (κ1) is 19.6. The summed E-state index contributed by atoms with van der Waals surface area (Å²) in [6.45, 7) is -0.401. The Morgan fingerprint density at radius 2 is 2.09 bits per heavy atom. The number of amides is 1. The molecule has 1 unspecified atom stereocenters. The zero-order valence-corrected chi connectivity index (χ0v) is 14.6. The number of benzene rings is 1. The van der Waals surface area contributed by atoms with Gasteiger partial charge in [0, 0.05) is 5.56 Å². The van der Waals surface area contributed by atoms with Crippen molar-refractivity contribution in [3.05, 3.63) is 33.8 Å². The molecule has 1 aromatic rings. The predicted octanol–water partition coefficient (Wildman–Crippen LogP) is 2.67. The number of oxime groups is 1. The number of hydrogen-bond donors (Lipinski definition) is 2. The summed E-state index contributed by atoms with van der Waals surface area (Å²) in [6.07, 6.45) is 3.49. The maximum Gasteiger partial charge on any atom is 0.326 e. The van der Waals surface area contributed by atoms with Crippen molar-refractivity contribution in [2.75, 3.05) is 18.6 Å². The second-order valence-corrected chi connectivity index (χ2v) is 6.18. The molecule has 0 fully saturated rings. The number of rotatable bonds is 9. The van der Waals surface area contributed by atoms with Crippen LogP contribution in [0.1, 0.15) is 12.0 Å². The molecule has 0 aliphatic heterocycles. The summed E-state index contributed by atoms with van der Waals surface area (Å²) in [7, 11) is 0. The van der Waals surface area contributed by atoms with Crippen LogP contribution in [0.15, 0.2) is 23.4 Å². The quantitative estimate of drug-likeness (QED) is 0.509. The van der Waals surface area contributed by atoms with Gasteiger partial charge in [-0.1, -0.05) is 34.4 Å². The Morgan fingerprint density at radius 3 is 2.65 bits per heavy atom. The minimum atomic E-state index is -1.08.